The lowest BCUT2D eigenvalue weighted by Gasteiger charge is -2.36. The third kappa shape index (κ3) is 5.67. The predicted octanol–water partition coefficient (Wildman–Crippen LogP) is 1.46. The number of nitrogens with zero attached hydrogens (tertiary/aromatic N) is 7. The molecule has 0 unspecified atom stereocenters. The minimum atomic E-state index is 0. The number of anilines is 1. The van der Waals surface area contributed by atoms with E-state index in [0.717, 1.165) is 49.7 Å². The zero-order valence-corrected chi connectivity index (χ0v) is 19.3. The SMILES string of the molecule is CN=C(NCCn1ccnc1)N1CCN(c2ncc(Br)c(OC)n2)CC1.I. The van der Waals surface area contributed by atoms with Gasteiger partial charge < -0.3 is 24.4 Å². The van der Waals surface area contributed by atoms with E-state index in [4.69, 9.17) is 4.74 Å². The van der Waals surface area contributed by atoms with E-state index < -0.39 is 0 Å². The van der Waals surface area contributed by atoms with Crippen molar-refractivity contribution in [1.29, 1.82) is 0 Å². The molecule has 2 aromatic rings. The standard InChI is InChI=1S/C16H23BrN8O.HI/c1-18-15(20-4-6-23-5-3-19-12-23)24-7-9-25(10-8-24)16-21-11-13(17)14(22-16)26-2;/h3,5,11-12H,4,6-10H2,1-2H3,(H,18,20);1H. The van der Waals surface area contributed by atoms with Gasteiger partial charge in [0.2, 0.25) is 11.8 Å². The van der Waals surface area contributed by atoms with Crippen molar-refractivity contribution < 1.29 is 4.74 Å². The topological polar surface area (TPSA) is 83.7 Å². The minimum absolute atomic E-state index is 0. The van der Waals surface area contributed by atoms with E-state index in [2.05, 4.69) is 51.0 Å². The number of piperazine rings is 1. The first-order valence-electron chi connectivity index (χ1n) is 8.44. The van der Waals surface area contributed by atoms with Crippen LogP contribution in [0.15, 0.2) is 34.4 Å². The first kappa shape index (κ1) is 21.7. The highest BCUT2D eigenvalue weighted by atomic mass is 127. The molecule has 0 saturated carbocycles. The maximum absolute atomic E-state index is 5.26. The molecule has 148 valence electrons. The van der Waals surface area contributed by atoms with Gasteiger partial charge in [-0.2, -0.15) is 4.98 Å². The molecule has 0 amide bonds. The van der Waals surface area contributed by atoms with Crippen molar-refractivity contribution >= 4 is 51.8 Å². The Morgan fingerprint density at radius 2 is 2.11 bits per heavy atom. The molecule has 0 atom stereocenters. The van der Waals surface area contributed by atoms with Crippen LogP contribution in [0.2, 0.25) is 0 Å². The van der Waals surface area contributed by atoms with Crippen LogP contribution in [0.25, 0.3) is 0 Å². The fraction of sp³-hybridized carbons (Fsp3) is 0.500. The molecule has 1 saturated heterocycles. The number of aromatic nitrogens is 4. The summed E-state index contributed by atoms with van der Waals surface area (Å²) in [4.78, 5) is 21.7. The van der Waals surface area contributed by atoms with Crippen LogP contribution in [0.3, 0.4) is 0 Å². The molecule has 9 nitrogen and oxygen atoms in total. The summed E-state index contributed by atoms with van der Waals surface area (Å²) >= 11 is 3.38. The Morgan fingerprint density at radius 1 is 1.33 bits per heavy atom. The zero-order valence-electron chi connectivity index (χ0n) is 15.4. The summed E-state index contributed by atoms with van der Waals surface area (Å²) < 4.78 is 8.05. The molecule has 3 rings (SSSR count). The Balaban J connectivity index is 0.00000261. The van der Waals surface area contributed by atoms with Crippen LogP contribution in [-0.2, 0) is 6.54 Å². The Morgan fingerprint density at radius 3 is 2.74 bits per heavy atom. The number of halogens is 2. The fourth-order valence-corrected chi connectivity index (χ4v) is 3.16. The first-order chi connectivity index (χ1) is 12.7. The summed E-state index contributed by atoms with van der Waals surface area (Å²) in [5, 5.41) is 3.41. The molecular weight excluding hydrogens is 527 g/mol. The van der Waals surface area contributed by atoms with Crippen molar-refractivity contribution in [3.8, 4) is 5.88 Å². The number of ether oxygens (including phenoxy) is 1. The van der Waals surface area contributed by atoms with E-state index in [0.29, 0.717) is 11.8 Å². The van der Waals surface area contributed by atoms with Crippen molar-refractivity contribution in [2.24, 2.45) is 4.99 Å². The number of guanidine groups is 1. The minimum Gasteiger partial charge on any atom is -0.480 e. The van der Waals surface area contributed by atoms with Gasteiger partial charge in [0.25, 0.3) is 0 Å². The molecule has 0 spiro atoms. The molecule has 0 bridgehead atoms. The van der Waals surface area contributed by atoms with Crippen molar-refractivity contribution in [2.45, 2.75) is 6.54 Å². The summed E-state index contributed by atoms with van der Waals surface area (Å²) in [5.74, 6) is 2.15. The molecule has 11 heteroatoms. The summed E-state index contributed by atoms with van der Waals surface area (Å²) in [7, 11) is 3.42. The van der Waals surface area contributed by atoms with Crippen LogP contribution in [0.5, 0.6) is 5.88 Å². The highest BCUT2D eigenvalue weighted by Gasteiger charge is 2.22. The normalized spacial score (nSPS) is 14.7. The van der Waals surface area contributed by atoms with Gasteiger partial charge in [-0.15, -0.1) is 24.0 Å². The van der Waals surface area contributed by atoms with Crippen LogP contribution >= 0.6 is 39.9 Å². The third-order valence-electron chi connectivity index (χ3n) is 4.18. The Hall–Kier alpha value is -1.63. The summed E-state index contributed by atoms with van der Waals surface area (Å²) in [5.41, 5.74) is 0. The fourth-order valence-electron chi connectivity index (χ4n) is 2.80. The van der Waals surface area contributed by atoms with Gasteiger partial charge in [-0.25, -0.2) is 9.97 Å². The van der Waals surface area contributed by atoms with Crippen LogP contribution in [0, 0.1) is 0 Å². The maximum atomic E-state index is 5.26. The highest BCUT2D eigenvalue weighted by Crippen LogP contribution is 2.23. The van der Waals surface area contributed by atoms with E-state index in [9.17, 15) is 0 Å². The van der Waals surface area contributed by atoms with Crippen LogP contribution in [-0.4, -0.2) is 77.3 Å². The van der Waals surface area contributed by atoms with Gasteiger partial charge in [-0.3, -0.25) is 4.99 Å². The summed E-state index contributed by atoms with van der Waals surface area (Å²) in [6, 6.07) is 0. The number of nitrogens with one attached hydrogen (secondary N) is 1. The van der Waals surface area contributed by atoms with Crippen LogP contribution < -0.4 is 15.0 Å². The zero-order chi connectivity index (χ0) is 18.4. The molecule has 2 aromatic heterocycles. The van der Waals surface area contributed by atoms with E-state index in [1.807, 2.05) is 24.1 Å². The van der Waals surface area contributed by atoms with Gasteiger partial charge in [0, 0.05) is 58.7 Å². The average Bonchev–Trinajstić information content (AvgIpc) is 3.19. The van der Waals surface area contributed by atoms with E-state index in [1.54, 1.807) is 19.5 Å². The first-order valence-corrected chi connectivity index (χ1v) is 9.23. The molecular formula is C16H24BrIN8O. The second-order valence-electron chi connectivity index (χ2n) is 5.78. The van der Waals surface area contributed by atoms with Gasteiger partial charge in [0.1, 0.15) is 0 Å². The lowest BCUT2D eigenvalue weighted by Crippen LogP contribution is -2.53. The molecule has 0 radical (unpaired) electrons. The molecule has 1 N–H and O–H groups in total. The molecule has 1 fully saturated rings. The molecule has 3 heterocycles. The van der Waals surface area contributed by atoms with Gasteiger partial charge in [-0.1, -0.05) is 0 Å². The highest BCUT2D eigenvalue weighted by molar-refractivity contribution is 14.0. The quantitative estimate of drug-likeness (QED) is 0.343. The van der Waals surface area contributed by atoms with Crippen molar-refractivity contribution in [3.05, 3.63) is 29.4 Å². The van der Waals surface area contributed by atoms with E-state index in [-0.39, 0.29) is 24.0 Å². The van der Waals surface area contributed by atoms with Gasteiger partial charge >= 0.3 is 0 Å². The monoisotopic (exact) mass is 550 g/mol. The number of methoxy groups -OCH3 is 1. The molecule has 1 aliphatic rings. The number of hydrogen-bond acceptors (Lipinski definition) is 6. The van der Waals surface area contributed by atoms with Gasteiger partial charge in [0.15, 0.2) is 5.96 Å². The third-order valence-corrected chi connectivity index (χ3v) is 4.72. The van der Waals surface area contributed by atoms with E-state index in [1.165, 1.54) is 0 Å². The lowest BCUT2D eigenvalue weighted by atomic mass is 10.3. The second-order valence-corrected chi connectivity index (χ2v) is 6.63. The molecule has 0 aliphatic carbocycles. The number of rotatable bonds is 5. The summed E-state index contributed by atoms with van der Waals surface area (Å²) in [6.07, 6.45) is 7.28. The summed E-state index contributed by atoms with van der Waals surface area (Å²) in [6.45, 7) is 5.01. The molecule has 0 aromatic carbocycles. The lowest BCUT2D eigenvalue weighted by molar-refractivity contribution is 0.365. The van der Waals surface area contributed by atoms with E-state index >= 15 is 0 Å². The number of imidazole rings is 1. The smallest absolute Gasteiger partial charge is 0.232 e. The largest absolute Gasteiger partial charge is 0.480 e. The average molecular weight is 551 g/mol. The molecule has 27 heavy (non-hydrogen) atoms. The van der Waals surface area contributed by atoms with Gasteiger partial charge in [0.05, 0.1) is 24.1 Å². The van der Waals surface area contributed by atoms with Crippen molar-refractivity contribution in [3.63, 3.8) is 0 Å². The Labute approximate surface area is 184 Å². The van der Waals surface area contributed by atoms with Crippen LogP contribution in [0.1, 0.15) is 0 Å². The van der Waals surface area contributed by atoms with Crippen molar-refractivity contribution in [2.75, 3.05) is 51.8 Å². The second kappa shape index (κ2) is 10.6. The predicted molar refractivity (Wildman–Crippen MR) is 119 cm³/mol. The van der Waals surface area contributed by atoms with Crippen LogP contribution in [0.4, 0.5) is 5.95 Å². The van der Waals surface area contributed by atoms with Gasteiger partial charge in [-0.05, 0) is 15.9 Å². The Kier molecular flexibility index (Phi) is 8.54. The Bertz CT molecular complexity index is 734. The molecule has 1 aliphatic heterocycles. The number of hydrogen-bond donors (Lipinski definition) is 1. The van der Waals surface area contributed by atoms with Crippen molar-refractivity contribution in [1.82, 2.24) is 29.7 Å². The maximum Gasteiger partial charge on any atom is 0.232 e. The number of aliphatic imine (C=N–C) groups is 1.